The van der Waals surface area contributed by atoms with Crippen LogP contribution in [0.2, 0.25) is 0 Å². The zero-order chi connectivity index (χ0) is 50.0. The van der Waals surface area contributed by atoms with E-state index in [0.29, 0.717) is 45.9 Å². The first-order valence-electron chi connectivity index (χ1n) is 25.3. The smallest absolute Gasteiger partial charge is 0.164 e. The van der Waals surface area contributed by atoms with E-state index >= 15 is 0 Å². The minimum Gasteiger partial charge on any atom is -0.324 e. The Balaban J connectivity index is 1.19. The summed E-state index contributed by atoms with van der Waals surface area (Å²) in [6, 6.07) is 45.0. The van der Waals surface area contributed by atoms with Gasteiger partial charge in [-0.25, -0.2) is 29.9 Å². The summed E-state index contributed by atoms with van der Waals surface area (Å²) in [6.07, 6.45) is 0. The van der Waals surface area contributed by atoms with Gasteiger partial charge in [0.1, 0.15) is 22.6 Å². The molecule has 0 saturated carbocycles. The predicted octanol–water partition coefficient (Wildman–Crippen LogP) is 16.7. The molecule has 0 amide bonds. The highest BCUT2D eigenvalue weighted by atomic mass is 15.1. The standard InChI is InChI=1S/C64H58N8/c1-61(2,3)41-17-13-33-25-45-49(29-37(33)21-41)57-67-53(45)65-54-47-27-35-15-19-43(63(7,8)9)23-39(35)31-51(47)59(69-54)72-60-52-32-40-24-44(64(10,11)12)20-16-36(40)28-48(52)56(70-60)66-55-46-26-34-14-18-42(62(4,5)6)22-38(34)30-50(46)58(68-55)71-57/h13-32H,1-12H3,(H2,65,66,67,68,69,70,71,72). The number of fused-ring (bicyclic) bond motifs is 24. The van der Waals surface area contributed by atoms with Crippen molar-refractivity contribution >= 4 is 87.2 Å². The van der Waals surface area contributed by atoms with Crippen molar-refractivity contribution in [3.05, 3.63) is 144 Å². The molecule has 11 aromatic rings. The maximum Gasteiger partial charge on any atom is 0.164 e. The molecule has 3 aromatic heterocycles. The van der Waals surface area contributed by atoms with E-state index in [1.165, 1.54) is 22.3 Å². The third-order valence-corrected chi connectivity index (χ3v) is 15.1. The van der Waals surface area contributed by atoms with Crippen LogP contribution >= 0.6 is 0 Å². The van der Waals surface area contributed by atoms with Crippen molar-refractivity contribution in [2.24, 2.45) is 0 Å². The van der Waals surface area contributed by atoms with E-state index in [0.717, 1.165) is 86.9 Å². The molecule has 2 aliphatic heterocycles. The van der Waals surface area contributed by atoms with E-state index in [1.807, 2.05) is 0 Å². The molecule has 2 aliphatic rings. The van der Waals surface area contributed by atoms with Crippen LogP contribution in [0.25, 0.3) is 133 Å². The van der Waals surface area contributed by atoms with Gasteiger partial charge in [0.05, 0.1) is 0 Å². The lowest BCUT2D eigenvalue weighted by Gasteiger charge is -2.19. The van der Waals surface area contributed by atoms with E-state index < -0.39 is 0 Å². The zero-order valence-corrected chi connectivity index (χ0v) is 43.2. The van der Waals surface area contributed by atoms with Crippen LogP contribution in [-0.2, 0) is 21.7 Å². The fraction of sp³-hybridized carbons (Fsp3) is 0.250. The van der Waals surface area contributed by atoms with E-state index in [1.54, 1.807) is 0 Å². The van der Waals surface area contributed by atoms with Crippen LogP contribution < -0.4 is 0 Å². The van der Waals surface area contributed by atoms with Crippen molar-refractivity contribution in [3.63, 3.8) is 0 Å². The Kier molecular flexibility index (Phi) is 9.11. The van der Waals surface area contributed by atoms with Crippen LogP contribution in [-0.4, -0.2) is 39.9 Å². The number of rotatable bonds is 0. The lowest BCUT2D eigenvalue weighted by atomic mass is 9.85. The van der Waals surface area contributed by atoms with Gasteiger partial charge in [-0.15, -0.1) is 0 Å². The third-order valence-electron chi connectivity index (χ3n) is 15.1. The summed E-state index contributed by atoms with van der Waals surface area (Å²) in [7, 11) is 0. The molecule has 5 heterocycles. The van der Waals surface area contributed by atoms with Crippen molar-refractivity contribution in [3.8, 4) is 45.6 Å². The Morgan fingerprint density at radius 1 is 0.250 bits per heavy atom. The molecule has 0 unspecified atom stereocenters. The van der Waals surface area contributed by atoms with E-state index in [-0.39, 0.29) is 21.7 Å². The van der Waals surface area contributed by atoms with Gasteiger partial charge in [-0.2, -0.15) is 0 Å². The van der Waals surface area contributed by atoms with Gasteiger partial charge in [-0.05, 0) is 136 Å². The summed E-state index contributed by atoms with van der Waals surface area (Å²) in [5.74, 6) is 2.32. The average molecular weight is 939 g/mol. The molecule has 0 aliphatic carbocycles. The van der Waals surface area contributed by atoms with Gasteiger partial charge in [0, 0.05) is 43.8 Å². The number of nitrogens with one attached hydrogen (secondary N) is 2. The molecule has 8 aromatic carbocycles. The molecule has 0 saturated heterocycles. The highest BCUT2D eigenvalue weighted by Crippen LogP contribution is 2.43. The molecular formula is C64H58N8. The number of aromatic nitrogens is 8. The monoisotopic (exact) mass is 938 g/mol. The van der Waals surface area contributed by atoms with Crippen molar-refractivity contribution < 1.29 is 0 Å². The van der Waals surface area contributed by atoms with Gasteiger partial charge < -0.3 is 9.97 Å². The number of aromatic amines is 2. The summed E-state index contributed by atoms with van der Waals surface area (Å²) in [6.45, 7) is 27.1. The summed E-state index contributed by atoms with van der Waals surface area (Å²) in [5, 5.41) is 12.8. The number of nitrogens with zero attached hydrogens (tertiary/aromatic N) is 6. The number of hydrogen-bond acceptors (Lipinski definition) is 6. The Morgan fingerprint density at radius 2 is 0.472 bits per heavy atom. The highest BCUT2D eigenvalue weighted by Gasteiger charge is 2.26. The largest absolute Gasteiger partial charge is 0.324 e. The summed E-state index contributed by atoms with van der Waals surface area (Å²) in [4.78, 5) is 40.2. The molecule has 8 heteroatoms. The Hall–Kier alpha value is -7.84. The van der Waals surface area contributed by atoms with Gasteiger partial charge in [0.15, 0.2) is 23.3 Å². The molecule has 0 fully saturated rings. The van der Waals surface area contributed by atoms with Gasteiger partial charge >= 0.3 is 0 Å². The van der Waals surface area contributed by atoms with Crippen molar-refractivity contribution in [2.75, 3.05) is 0 Å². The average Bonchev–Trinajstić information content (AvgIpc) is 4.04. The first-order valence-corrected chi connectivity index (χ1v) is 25.3. The lowest BCUT2D eigenvalue weighted by Crippen LogP contribution is -2.10. The van der Waals surface area contributed by atoms with Crippen molar-refractivity contribution in [1.82, 2.24) is 39.9 Å². The van der Waals surface area contributed by atoms with Crippen molar-refractivity contribution in [2.45, 2.75) is 105 Å². The maximum atomic E-state index is 5.51. The summed E-state index contributed by atoms with van der Waals surface area (Å²) < 4.78 is 0. The molecule has 8 bridgehead atoms. The molecule has 354 valence electrons. The van der Waals surface area contributed by atoms with Gasteiger partial charge in [0.25, 0.3) is 0 Å². The molecule has 0 radical (unpaired) electrons. The van der Waals surface area contributed by atoms with Gasteiger partial charge in [0.2, 0.25) is 0 Å². The number of hydrogen-bond donors (Lipinski definition) is 2. The number of H-pyrrole nitrogens is 2. The Labute approximate surface area is 419 Å². The minimum atomic E-state index is -0.0230. The first kappa shape index (κ1) is 44.1. The normalized spacial score (nSPS) is 13.3. The maximum absolute atomic E-state index is 5.51. The molecule has 0 atom stereocenters. The van der Waals surface area contributed by atoms with Gasteiger partial charge in [-0.1, -0.05) is 156 Å². The quantitative estimate of drug-likeness (QED) is 0.157. The minimum absolute atomic E-state index is 0.0217. The third kappa shape index (κ3) is 7.16. The number of benzene rings is 8. The molecule has 72 heavy (non-hydrogen) atoms. The van der Waals surface area contributed by atoms with Crippen molar-refractivity contribution in [1.29, 1.82) is 0 Å². The van der Waals surface area contributed by atoms with Crippen LogP contribution in [0.15, 0.2) is 121 Å². The second-order valence-electron chi connectivity index (χ2n) is 24.4. The molecule has 8 nitrogen and oxygen atoms in total. The Morgan fingerprint density at radius 3 is 0.736 bits per heavy atom. The van der Waals surface area contributed by atoms with Crippen LogP contribution in [0.1, 0.15) is 105 Å². The second kappa shape index (κ2) is 14.9. The van der Waals surface area contributed by atoms with Crippen LogP contribution in [0.3, 0.4) is 0 Å². The highest BCUT2D eigenvalue weighted by molar-refractivity contribution is 6.13. The lowest BCUT2D eigenvalue weighted by molar-refractivity contribution is 0.591. The molecular weight excluding hydrogens is 881 g/mol. The summed E-state index contributed by atoms with van der Waals surface area (Å²) >= 11 is 0. The topological polar surface area (TPSA) is 109 Å². The summed E-state index contributed by atoms with van der Waals surface area (Å²) in [5.41, 5.74) is 11.3. The fourth-order valence-electron chi connectivity index (χ4n) is 10.6. The second-order valence-corrected chi connectivity index (χ2v) is 24.4. The van der Waals surface area contributed by atoms with Gasteiger partial charge in [-0.3, -0.25) is 0 Å². The zero-order valence-electron chi connectivity index (χ0n) is 43.2. The van der Waals surface area contributed by atoms with E-state index in [9.17, 15) is 0 Å². The van der Waals surface area contributed by atoms with Crippen LogP contribution in [0.4, 0.5) is 0 Å². The fourth-order valence-corrected chi connectivity index (χ4v) is 10.6. The molecule has 13 rings (SSSR count). The molecule has 0 spiro atoms. The SMILES string of the molecule is CC(C)(C)c1ccc2cc3c(cc2c1)-c1nc-3nc2[nH]c(nc3nc(nc4[nH]c(n1)c1cc5cc(C(C)(C)C)ccc5cc41)-c1cc4ccc(C(C)(C)C)cc4cc1-3)c1cc3cc(C(C)(C)C)ccc3cc21. The Bertz CT molecular complexity index is 4090. The predicted molar refractivity (Wildman–Crippen MR) is 301 cm³/mol. The molecule has 2 N–H and O–H groups in total. The van der Waals surface area contributed by atoms with E-state index in [4.69, 9.17) is 29.9 Å². The van der Waals surface area contributed by atoms with Crippen LogP contribution in [0, 0.1) is 0 Å². The van der Waals surface area contributed by atoms with Crippen LogP contribution in [0.5, 0.6) is 0 Å². The first-order chi connectivity index (χ1) is 34.1. The van der Waals surface area contributed by atoms with E-state index in [2.05, 4.69) is 214 Å².